The lowest BCUT2D eigenvalue weighted by atomic mass is 10.4. The molecule has 0 unspecified atom stereocenters. The Hall–Kier alpha value is -1.34. The lowest BCUT2D eigenvalue weighted by molar-refractivity contribution is -0.125. The second-order valence-electron chi connectivity index (χ2n) is 3.97. The first-order valence-corrected chi connectivity index (χ1v) is 7.14. The van der Waals surface area contributed by atoms with Crippen LogP contribution in [0.1, 0.15) is 0 Å². The molecule has 2 rings (SSSR count). The van der Waals surface area contributed by atoms with Crippen molar-refractivity contribution >= 4 is 39.2 Å². The summed E-state index contributed by atoms with van der Waals surface area (Å²) in [6.45, 7) is 0. The molecule has 0 aromatic carbocycles. The predicted octanol–water partition coefficient (Wildman–Crippen LogP) is 1.18. The molecule has 0 bridgehead atoms. The van der Waals surface area contributed by atoms with Crippen molar-refractivity contribution in [2.45, 2.75) is 5.16 Å². The Kier molecular flexibility index (Phi) is 3.72. The average molecular weight is 283 g/mol. The van der Waals surface area contributed by atoms with Crippen molar-refractivity contribution < 1.29 is 4.79 Å². The third-order valence-corrected chi connectivity index (χ3v) is 4.31. The number of hydrogen-bond donors (Lipinski definition) is 0. The third kappa shape index (κ3) is 2.41. The second-order valence-corrected chi connectivity index (χ2v) is 5.81. The fraction of sp³-hybridized carbons (Fsp3) is 0.364. The van der Waals surface area contributed by atoms with Gasteiger partial charge < -0.3 is 4.90 Å². The smallest absolute Gasteiger partial charge is 0.262 e. The molecule has 1 amide bonds. The normalized spacial score (nSPS) is 10.8. The van der Waals surface area contributed by atoms with Crippen molar-refractivity contribution in [3.05, 3.63) is 21.8 Å². The maximum absolute atomic E-state index is 12.0. The molecule has 18 heavy (non-hydrogen) atoms. The van der Waals surface area contributed by atoms with Crippen LogP contribution in [0.4, 0.5) is 0 Å². The van der Waals surface area contributed by atoms with Crippen molar-refractivity contribution in [2.75, 3.05) is 19.8 Å². The van der Waals surface area contributed by atoms with Gasteiger partial charge in [-0.3, -0.25) is 14.2 Å². The summed E-state index contributed by atoms with van der Waals surface area (Å²) in [5.41, 5.74) is -0.0685. The minimum atomic E-state index is -0.0685. The van der Waals surface area contributed by atoms with Gasteiger partial charge in [-0.2, -0.15) is 0 Å². The fourth-order valence-corrected chi connectivity index (χ4v) is 3.12. The number of carbonyl (C=O) groups is 1. The summed E-state index contributed by atoms with van der Waals surface area (Å²) in [7, 11) is 5.09. The molecular formula is C11H13N3O2S2. The summed E-state index contributed by atoms with van der Waals surface area (Å²) < 4.78 is 1.49. The van der Waals surface area contributed by atoms with E-state index in [1.807, 2.05) is 5.38 Å². The predicted molar refractivity (Wildman–Crippen MR) is 74.3 cm³/mol. The molecule has 2 aromatic heterocycles. The lowest BCUT2D eigenvalue weighted by Crippen LogP contribution is -2.25. The van der Waals surface area contributed by atoms with Crippen molar-refractivity contribution in [2.24, 2.45) is 7.05 Å². The number of thioether (sulfide) groups is 1. The van der Waals surface area contributed by atoms with Gasteiger partial charge in [0.1, 0.15) is 4.83 Å². The average Bonchev–Trinajstić information content (AvgIpc) is 2.79. The number of rotatable bonds is 3. The first-order chi connectivity index (χ1) is 8.50. The summed E-state index contributed by atoms with van der Waals surface area (Å²) in [6, 6.07) is 1.77. The first-order valence-electron chi connectivity index (χ1n) is 5.28. The molecule has 0 saturated carbocycles. The number of thiophene rings is 1. The van der Waals surface area contributed by atoms with E-state index in [0.717, 1.165) is 4.83 Å². The van der Waals surface area contributed by atoms with Gasteiger partial charge in [0.15, 0.2) is 5.16 Å². The van der Waals surface area contributed by atoms with Crippen molar-refractivity contribution in [1.82, 2.24) is 14.5 Å². The first kappa shape index (κ1) is 13.1. The van der Waals surface area contributed by atoms with Crippen LogP contribution >= 0.6 is 23.1 Å². The maximum Gasteiger partial charge on any atom is 0.262 e. The summed E-state index contributed by atoms with van der Waals surface area (Å²) in [4.78, 5) is 30.2. The molecule has 2 aromatic rings. The van der Waals surface area contributed by atoms with E-state index < -0.39 is 0 Å². The van der Waals surface area contributed by atoms with Gasteiger partial charge in [0.05, 0.1) is 11.1 Å². The maximum atomic E-state index is 12.0. The molecule has 0 N–H and O–H groups in total. The van der Waals surface area contributed by atoms with Gasteiger partial charge in [-0.05, 0) is 11.4 Å². The zero-order chi connectivity index (χ0) is 13.3. The number of fused-ring (bicyclic) bond motifs is 1. The van der Waals surface area contributed by atoms with Gasteiger partial charge in [0, 0.05) is 21.1 Å². The minimum absolute atomic E-state index is 0.000487. The highest BCUT2D eigenvalue weighted by molar-refractivity contribution is 7.99. The molecule has 0 aliphatic rings. The van der Waals surface area contributed by atoms with Gasteiger partial charge >= 0.3 is 0 Å². The number of carbonyl (C=O) groups excluding carboxylic acids is 1. The van der Waals surface area contributed by atoms with E-state index >= 15 is 0 Å². The summed E-state index contributed by atoms with van der Waals surface area (Å²) >= 11 is 2.71. The van der Waals surface area contributed by atoms with Crippen LogP contribution in [-0.2, 0) is 11.8 Å². The van der Waals surface area contributed by atoms with Gasteiger partial charge in [-0.15, -0.1) is 11.3 Å². The summed E-state index contributed by atoms with van der Waals surface area (Å²) in [5.74, 6) is 0.282. The highest BCUT2D eigenvalue weighted by Crippen LogP contribution is 2.20. The fourth-order valence-electron chi connectivity index (χ4n) is 1.36. The zero-order valence-electron chi connectivity index (χ0n) is 10.3. The number of aromatic nitrogens is 2. The van der Waals surface area contributed by atoms with Crippen LogP contribution in [0.5, 0.6) is 0 Å². The Morgan fingerprint density at radius 2 is 2.28 bits per heavy atom. The molecular weight excluding hydrogens is 270 g/mol. The number of nitrogens with zero attached hydrogens (tertiary/aromatic N) is 3. The Morgan fingerprint density at radius 1 is 1.56 bits per heavy atom. The Bertz CT molecular complexity index is 645. The molecule has 5 nitrogen and oxygen atoms in total. The number of amides is 1. The van der Waals surface area contributed by atoms with Crippen molar-refractivity contribution in [1.29, 1.82) is 0 Å². The van der Waals surface area contributed by atoms with Crippen LogP contribution < -0.4 is 5.56 Å². The monoisotopic (exact) mass is 283 g/mol. The zero-order valence-corrected chi connectivity index (χ0v) is 12.0. The van der Waals surface area contributed by atoms with E-state index in [-0.39, 0.29) is 17.2 Å². The van der Waals surface area contributed by atoms with Crippen molar-refractivity contribution in [3.63, 3.8) is 0 Å². The van der Waals surface area contributed by atoms with E-state index in [9.17, 15) is 9.59 Å². The van der Waals surface area contributed by atoms with Crippen LogP contribution in [0.15, 0.2) is 21.4 Å². The van der Waals surface area contributed by atoms with Crippen LogP contribution in [0.2, 0.25) is 0 Å². The molecule has 96 valence electrons. The molecule has 0 aliphatic heterocycles. The van der Waals surface area contributed by atoms with E-state index in [1.54, 1.807) is 27.2 Å². The molecule has 0 radical (unpaired) electrons. The minimum Gasteiger partial charge on any atom is -0.348 e. The SMILES string of the molecule is CN(C)C(=O)CSc1nc2sccc2c(=O)n1C. The van der Waals surface area contributed by atoms with E-state index in [4.69, 9.17) is 0 Å². The Balaban J connectivity index is 2.31. The summed E-state index contributed by atoms with van der Waals surface area (Å²) in [5, 5.41) is 3.05. The van der Waals surface area contributed by atoms with Gasteiger partial charge in [-0.1, -0.05) is 11.8 Å². The second kappa shape index (κ2) is 5.11. The highest BCUT2D eigenvalue weighted by atomic mass is 32.2. The van der Waals surface area contributed by atoms with Gasteiger partial charge in [0.2, 0.25) is 5.91 Å². The topological polar surface area (TPSA) is 55.2 Å². The van der Waals surface area contributed by atoms with Crippen molar-refractivity contribution in [3.8, 4) is 0 Å². The quantitative estimate of drug-likeness (QED) is 0.627. The lowest BCUT2D eigenvalue weighted by Gasteiger charge is -2.10. The Labute approximate surface area is 112 Å². The largest absolute Gasteiger partial charge is 0.348 e. The molecule has 0 aliphatic carbocycles. The number of hydrogen-bond acceptors (Lipinski definition) is 5. The van der Waals surface area contributed by atoms with E-state index in [2.05, 4.69) is 4.98 Å². The van der Waals surface area contributed by atoms with Gasteiger partial charge in [0.25, 0.3) is 5.56 Å². The summed E-state index contributed by atoms with van der Waals surface area (Å²) in [6.07, 6.45) is 0. The third-order valence-electron chi connectivity index (χ3n) is 2.49. The molecule has 0 saturated heterocycles. The van der Waals surface area contributed by atoms with Gasteiger partial charge in [-0.25, -0.2) is 4.98 Å². The van der Waals surface area contributed by atoms with E-state index in [1.165, 1.54) is 32.6 Å². The highest BCUT2D eigenvalue weighted by Gasteiger charge is 2.12. The molecule has 0 fully saturated rings. The standard InChI is InChI=1S/C11H13N3O2S2/c1-13(2)8(15)6-18-11-12-9-7(4-5-17-9)10(16)14(11)3/h4-5H,6H2,1-3H3. The molecule has 0 spiro atoms. The molecule has 0 atom stereocenters. The van der Waals surface area contributed by atoms with E-state index in [0.29, 0.717) is 10.5 Å². The van der Waals surface area contributed by atoms with Crippen LogP contribution in [-0.4, -0.2) is 40.2 Å². The molecule has 2 heterocycles. The van der Waals surface area contributed by atoms with Crippen LogP contribution in [0.25, 0.3) is 10.2 Å². The van der Waals surface area contributed by atoms with Crippen LogP contribution in [0, 0.1) is 0 Å². The molecule has 7 heteroatoms. The van der Waals surface area contributed by atoms with Crippen LogP contribution in [0.3, 0.4) is 0 Å². The Morgan fingerprint density at radius 3 is 2.94 bits per heavy atom.